The van der Waals surface area contributed by atoms with Crippen molar-refractivity contribution in [2.75, 3.05) is 4.90 Å². The lowest BCUT2D eigenvalue weighted by Crippen LogP contribution is -2.30. The molecule has 0 bridgehead atoms. The Bertz CT molecular complexity index is 1240. The smallest absolute Gasteiger partial charge is 0.174 e. The van der Waals surface area contributed by atoms with Crippen LogP contribution >= 0.6 is 12.2 Å². The molecule has 3 aromatic heterocycles. The van der Waals surface area contributed by atoms with Gasteiger partial charge in [-0.1, -0.05) is 18.2 Å². The van der Waals surface area contributed by atoms with E-state index in [1.807, 2.05) is 36.7 Å². The van der Waals surface area contributed by atoms with Gasteiger partial charge < -0.3 is 14.8 Å². The fourth-order valence-corrected chi connectivity index (χ4v) is 4.66. The lowest BCUT2D eigenvalue weighted by atomic mass is 10.00. The molecule has 5 rings (SSSR count). The maximum Gasteiger partial charge on any atom is 0.174 e. The lowest BCUT2D eigenvalue weighted by molar-refractivity contribution is 0.532. The number of nitrogens with zero attached hydrogens (tertiary/aromatic N) is 4. The summed E-state index contributed by atoms with van der Waals surface area (Å²) >= 11 is 5.87. The first kappa shape index (κ1) is 20.4. The second-order valence-electron chi connectivity index (χ2n) is 8.15. The average molecular weight is 440 g/mol. The Labute approximate surface area is 193 Å². The van der Waals surface area contributed by atoms with E-state index in [0.717, 1.165) is 22.8 Å². The van der Waals surface area contributed by atoms with E-state index in [1.165, 1.54) is 11.1 Å². The van der Waals surface area contributed by atoms with Crippen LogP contribution in [-0.4, -0.2) is 19.6 Å². The quantitative estimate of drug-likeness (QED) is 0.437. The minimum absolute atomic E-state index is 0.0433. The van der Waals surface area contributed by atoms with Crippen molar-refractivity contribution in [3.8, 4) is 0 Å². The normalized spacial score (nSPS) is 18.1. The van der Waals surface area contributed by atoms with Gasteiger partial charge in [0.15, 0.2) is 5.11 Å². The predicted molar refractivity (Wildman–Crippen MR) is 132 cm³/mol. The molecule has 0 aliphatic carbocycles. The lowest BCUT2D eigenvalue weighted by Gasteiger charge is -2.29. The number of pyridine rings is 2. The Morgan fingerprint density at radius 2 is 1.72 bits per heavy atom. The van der Waals surface area contributed by atoms with E-state index >= 15 is 0 Å². The molecule has 0 amide bonds. The number of hydrogen-bond donors (Lipinski definition) is 1. The monoisotopic (exact) mass is 439 g/mol. The van der Waals surface area contributed by atoms with Crippen LogP contribution in [0.1, 0.15) is 40.3 Å². The topological polar surface area (TPSA) is 46.0 Å². The first-order valence-electron chi connectivity index (χ1n) is 10.7. The molecule has 1 aliphatic rings. The largest absolute Gasteiger partial charge is 0.351 e. The highest BCUT2D eigenvalue weighted by Crippen LogP contribution is 2.42. The molecule has 1 aliphatic heterocycles. The summed E-state index contributed by atoms with van der Waals surface area (Å²) < 4.78 is 2.26. The summed E-state index contributed by atoms with van der Waals surface area (Å²) in [5.74, 6) is 0. The molecular weight excluding hydrogens is 414 g/mol. The Morgan fingerprint density at radius 1 is 0.906 bits per heavy atom. The Kier molecular flexibility index (Phi) is 5.45. The van der Waals surface area contributed by atoms with Crippen molar-refractivity contribution in [1.29, 1.82) is 0 Å². The highest BCUT2D eigenvalue weighted by molar-refractivity contribution is 7.80. The molecule has 0 saturated carbocycles. The van der Waals surface area contributed by atoms with E-state index in [2.05, 4.69) is 87.3 Å². The second kappa shape index (κ2) is 8.55. The Morgan fingerprint density at radius 3 is 2.44 bits per heavy atom. The average Bonchev–Trinajstić information content (AvgIpc) is 3.40. The van der Waals surface area contributed by atoms with Crippen molar-refractivity contribution < 1.29 is 0 Å². The number of nitrogens with one attached hydrogen (secondary N) is 1. The molecule has 0 spiro atoms. The van der Waals surface area contributed by atoms with E-state index in [1.54, 1.807) is 0 Å². The van der Waals surface area contributed by atoms with Crippen LogP contribution in [0.15, 0.2) is 85.3 Å². The van der Waals surface area contributed by atoms with Gasteiger partial charge in [-0.05, 0) is 85.7 Å². The van der Waals surface area contributed by atoms with Gasteiger partial charge in [0, 0.05) is 30.0 Å². The van der Waals surface area contributed by atoms with Crippen LogP contribution in [0, 0.1) is 13.8 Å². The molecule has 1 N–H and O–H groups in total. The number of hydrogen-bond acceptors (Lipinski definition) is 3. The molecule has 5 nitrogen and oxygen atoms in total. The van der Waals surface area contributed by atoms with Gasteiger partial charge in [-0.15, -0.1) is 0 Å². The van der Waals surface area contributed by atoms with Gasteiger partial charge >= 0.3 is 0 Å². The third-order valence-corrected chi connectivity index (χ3v) is 6.41. The van der Waals surface area contributed by atoms with Gasteiger partial charge in [0.2, 0.25) is 0 Å². The third kappa shape index (κ3) is 3.78. The molecule has 1 fully saturated rings. The van der Waals surface area contributed by atoms with Crippen molar-refractivity contribution in [3.05, 3.63) is 114 Å². The predicted octanol–water partition coefficient (Wildman–Crippen LogP) is 5.12. The molecule has 32 heavy (non-hydrogen) atoms. The van der Waals surface area contributed by atoms with Gasteiger partial charge in [-0.3, -0.25) is 9.97 Å². The molecule has 4 aromatic rings. The Balaban J connectivity index is 1.61. The number of aryl methyl sites for hydroxylation is 2. The van der Waals surface area contributed by atoms with Gasteiger partial charge in [0.1, 0.15) is 6.04 Å². The van der Waals surface area contributed by atoms with Crippen LogP contribution in [0.25, 0.3) is 0 Å². The third-order valence-electron chi connectivity index (χ3n) is 6.09. The summed E-state index contributed by atoms with van der Waals surface area (Å²) in [6.07, 6.45) is 5.78. The van der Waals surface area contributed by atoms with Gasteiger partial charge in [-0.25, -0.2) is 0 Å². The molecule has 1 saturated heterocycles. The molecule has 160 valence electrons. The number of benzene rings is 1. The zero-order chi connectivity index (χ0) is 22.1. The molecule has 0 radical (unpaired) electrons. The molecule has 2 atom stereocenters. The second-order valence-corrected chi connectivity index (χ2v) is 8.53. The number of rotatable bonds is 5. The standard InChI is InChI=1S/C26H25N5S/c1-18-11-12-21(16-19(18)2)31-25(24(29-26(31)32)22-9-4-6-14-28-22)23-10-7-15-30(23)17-20-8-3-5-13-27-20/h3-16,24-25H,17H2,1-2H3,(H,29,32)/t24-,25-/m0/s1. The zero-order valence-electron chi connectivity index (χ0n) is 18.1. The number of anilines is 1. The summed E-state index contributed by atoms with van der Waals surface area (Å²) in [6.45, 7) is 4.97. The summed E-state index contributed by atoms with van der Waals surface area (Å²) in [5.41, 5.74) is 6.75. The van der Waals surface area contributed by atoms with Crippen molar-refractivity contribution in [3.63, 3.8) is 0 Å². The van der Waals surface area contributed by atoms with Crippen LogP contribution in [0.5, 0.6) is 0 Å². The first-order chi connectivity index (χ1) is 15.6. The van der Waals surface area contributed by atoms with Crippen LogP contribution in [0.2, 0.25) is 0 Å². The highest BCUT2D eigenvalue weighted by Gasteiger charge is 2.42. The summed E-state index contributed by atoms with van der Waals surface area (Å²) in [6, 6.07) is 22.7. The van der Waals surface area contributed by atoms with Crippen molar-refractivity contribution in [1.82, 2.24) is 19.9 Å². The van der Waals surface area contributed by atoms with E-state index in [0.29, 0.717) is 11.7 Å². The SMILES string of the molecule is Cc1ccc(N2C(=S)N[C@@H](c3ccccn3)[C@@H]2c2cccn2Cc2ccccn2)cc1C. The van der Waals surface area contributed by atoms with E-state index < -0.39 is 0 Å². The number of aromatic nitrogens is 3. The summed E-state index contributed by atoms with van der Waals surface area (Å²) in [7, 11) is 0. The van der Waals surface area contributed by atoms with Crippen molar-refractivity contribution in [2.24, 2.45) is 0 Å². The fourth-order valence-electron chi connectivity index (χ4n) is 4.31. The van der Waals surface area contributed by atoms with Crippen LogP contribution in [0.4, 0.5) is 5.69 Å². The summed E-state index contributed by atoms with van der Waals surface area (Å²) in [5, 5.41) is 4.26. The minimum Gasteiger partial charge on any atom is -0.351 e. The van der Waals surface area contributed by atoms with Gasteiger partial charge in [0.25, 0.3) is 0 Å². The minimum atomic E-state index is -0.0670. The van der Waals surface area contributed by atoms with E-state index in [9.17, 15) is 0 Å². The fraction of sp³-hybridized carbons (Fsp3) is 0.192. The zero-order valence-corrected chi connectivity index (χ0v) is 19.0. The summed E-state index contributed by atoms with van der Waals surface area (Å²) in [4.78, 5) is 11.4. The molecule has 4 heterocycles. The molecular formula is C26H25N5S. The van der Waals surface area contributed by atoms with Crippen molar-refractivity contribution in [2.45, 2.75) is 32.5 Å². The molecule has 6 heteroatoms. The van der Waals surface area contributed by atoms with Gasteiger partial charge in [0.05, 0.1) is 24.0 Å². The maximum absolute atomic E-state index is 5.87. The molecule has 1 aromatic carbocycles. The molecule has 0 unspecified atom stereocenters. The number of thiocarbonyl (C=S) groups is 1. The van der Waals surface area contributed by atoms with Crippen molar-refractivity contribution >= 4 is 23.0 Å². The highest BCUT2D eigenvalue weighted by atomic mass is 32.1. The van der Waals surface area contributed by atoms with Crippen LogP contribution in [-0.2, 0) is 6.54 Å². The van der Waals surface area contributed by atoms with Crippen LogP contribution in [0.3, 0.4) is 0 Å². The Hall–Kier alpha value is -3.51. The maximum atomic E-state index is 5.87. The van der Waals surface area contributed by atoms with E-state index in [-0.39, 0.29) is 12.1 Å². The van der Waals surface area contributed by atoms with Crippen LogP contribution < -0.4 is 10.2 Å². The van der Waals surface area contributed by atoms with E-state index in [4.69, 9.17) is 12.2 Å². The first-order valence-corrected chi connectivity index (χ1v) is 11.2. The van der Waals surface area contributed by atoms with Gasteiger partial charge in [-0.2, -0.15) is 0 Å².